The monoisotopic (exact) mass is 562 g/mol. The molecule has 2 atom stereocenters. The zero-order chi connectivity index (χ0) is 27.7. The van der Waals surface area contributed by atoms with Gasteiger partial charge in [0.05, 0.1) is 22.2 Å². The summed E-state index contributed by atoms with van der Waals surface area (Å²) in [5.41, 5.74) is -3.91. The lowest BCUT2D eigenvalue weighted by molar-refractivity contribution is -0.143. The number of benzene rings is 1. The summed E-state index contributed by atoms with van der Waals surface area (Å²) in [6, 6.07) is 1.62. The lowest BCUT2D eigenvalue weighted by Gasteiger charge is -2.27. The first-order chi connectivity index (χ1) is 17.8. The summed E-state index contributed by atoms with van der Waals surface area (Å²) in [6.45, 7) is 0.807. The Hall–Kier alpha value is -2.67. The molecule has 3 N–H and O–H groups in total. The third kappa shape index (κ3) is 6.48. The number of amides is 2. The molecular formula is C25H28F6N4O2S. The summed E-state index contributed by atoms with van der Waals surface area (Å²) < 4.78 is 79.6. The zero-order valence-electron chi connectivity index (χ0n) is 20.6. The average molecular weight is 563 g/mol. The second-order valence-corrected chi connectivity index (χ2v) is 10.8. The van der Waals surface area contributed by atoms with Crippen LogP contribution in [0.3, 0.4) is 0 Å². The van der Waals surface area contributed by atoms with Gasteiger partial charge in [0, 0.05) is 30.9 Å². The molecule has 38 heavy (non-hydrogen) atoms. The van der Waals surface area contributed by atoms with Gasteiger partial charge in [0.1, 0.15) is 0 Å². The first-order valence-corrected chi connectivity index (χ1v) is 13.2. The van der Waals surface area contributed by atoms with Gasteiger partial charge in [-0.1, -0.05) is 12.8 Å². The molecule has 0 aliphatic heterocycles. The lowest BCUT2D eigenvalue weighted by Crippen LogP contribution is -2.45. The van der Waals surface area contributed by atoms with Crippen molar-refractivity contribution in [2.75, 3.05) is 5.32 Å². The highest BCUT2D eigenvalue weighted by atomic mass is 32.1. The highest BCUT2D eigenvalue weighted by molar-refractivity contribution is 7.14. The molecule has 1 aromatic carbocycles. The van der Waals surface area contributed by atoms with E-state index >= 15 is 0 Å². The van der Waals surface area contributed by atoms with E-state index in [1.807, 2.05) is 0 Å². The van der Waals surface area contributed by atoms with Crippen LogP contribution < -0.4 is 16.0 Å². The predicted octanol–water partition coefficient (Wildman–Crippen LogP) is 5.78. The number of nitrogens with zero attached hydrogens (tertiary/aromatic N) is 1. The number of nitrogens with one attached hydrogen (secondary N) is 3. The van der Waals surface area contributed by atoms with E-state index in [0.29, 0.717) is 48.3 Å². The Morgan fingerprint density at radius 2 is 1.63 bits per heavy atom. The number of carbonyl (C=O) groups excluding carboxylic acids is 2. The Bertz CT molecular complexity index is 1140. The third-order valence-electron chi connectivity index (χ3n) is 7.15. The molecule has 2 unspecified atom stereocenters. The van der Waals surface area contributed by atoms with E-state index in [1.54, 1.807) is 5.38 Å². The van der Waals surface area contributed by atoms with Crippen molar-refractivity contribution in [3.05, 3.63) is 46.0 Å². The van der Waals surface area contributed by atoms with E-state index in [9.17, 15) is 35.9 Å². The van der Waals surface area contributed by atoms with Crippen LogP contribution in [-0.4, -0.2) is 28.9 Å². The maximum Gasteiger partial charge on any atom is 0.416 e. The maximum atomic E-state index is 13.6. The molecule has 208 valence electrons. The number of thiazole rings is 1. The van der Waals surface area contributed by atoms with Crippen molar-refractivity contribution >= 4 is 28.3 Å². The van der Waals surface area contributed by atoms with Gasteiger partial charge in [-0.15, -0.1) is 11.3 Å². The minimum absolute atomic E-state index is 0.000144. The Balaban J connectivity index is 1.58. The Labute approximate surface area is 219 Å². The van der Waals surface area contributed by atoms with Crippen LogP contribution in [0.15, 0.2) is 23.6 Å². The highest BCUT2D eigenvalue weighted by Gasteiger charge is 2.49. The Morgan fingerprint density at radius 1 is 1.00 bits per heavy atom. The molecule has 2 saturated carbocycles. The summed E-state index contributed by atoms with van der Waals surface area (Å²) in [5.74, 6) is -0.861. The van der Waals surface area contributed by atoms with Gasteiger partial charge in [0.25, 0.3) is 0 Å². The van der Waals surface area contributed by atoms with Crippen LogP contribution in [0.4, 0.5) is 31.5 Å². The van der Waals surface area contributed by atoms with Gasteiger partial charge in [-0.2, -0.15) is 26.3 Å². The van der Waals surface area contributed by atoms with Crippen molar-refractivity contribution in [2.24, 2.45) is 0 Å². The normalized spacial score (nSPS) is 22.6. The molecule has 2 aromatic rings. The largest absolute Gasteiger partial charge is 0.416 e. The van der Waals surface area contributed by atoms with Gasteiger partial charge in [0.15, 0.2) is 5.13 Å². The van der Waals surface area contributed by atoms with Gasteiger partial charge in [-0.05, 0) is 55.9 Å². The molecular weight excluding hydrogens is 534 g/mol. The van der Waals surface area contributed by atoms with Crippen LogP contribution in [-0.2, 0) is 33.9 Å². The van der Waals surface area contributed by atoms with E-state index < -0.39 is 41.3 Å². The van der Waals surface area contributed by atoms with Crippen LogP contribution in [0.2, 0.25) is 0 Å². The zero-order valence-corrected chi connectivity index (χ0v) is 21.4. The molecule has 2 aliphatic rings. The molecule has 2 fully saturated rings. The van der Waals surface area contributed by atoms with Gasteiger partial charge < -0.3 is 16.0 Å². The van der Waals surface area contributed by atoms with Crippen LogP contribution in [0.5, 0.6) is 0 Å². The molecule has 0 spiro atoms. The number of alkyl halides is 6. The van der Waals surface area contributed by atoms with Crippen molar-refractivity contribution in [1.29, 1.82) is 0 Å². The second-order valence-electron chi connectivity index (χ2n) is 9.99. The molecule has 4 rings (SSSR count). The minimum atomic E-state index is -4.98. The highest BCUT2D eigenvalue weighted by Crippen LogP contribution is 2.43. The average Bonchev–Trinajstić information content (AvgIpc) is 3.58. The van der Waals surface area contributed by atoms with Crippen LogP contribution in [0.25, 0.3) is 0 Å². The quantitative estimate of drug-likeness (QED) is 0.374. The summed E-state index contributed by atoms with van der Waals surface area (Å²) >= 11 is 1.15. The molecule has 0 bridgehead atoms. The number of anilines is 1. The predicted molar refractivity (Wildman–Crippen MR) is 129 cm³/mol. The van der Waals surface area contributed by atoms with E-state index in [0.717, 1.165) is 37.0 Å². The summed E-state index contributed by atoms with van der Waals surface area (Å²) in [4.78, 5) is 29.5. The Morgan fingerprint density at radius 3 is 2.21 bits per heavy atom. The van der Waals surface area contributed by atoms with Gasteiger partial charge in [-0.25, -0.2) is 4.98 Å². The number of halogens is 6. The van der Waals surface area contributed by atoms with Gasteiger partial charge >= 0.3 is 12.4 Å². The molecule has 0 radical (unpaired) electrons. The standard InChI is InChI=1S/C25H28F6N4O2S/c1-14(36)33-22-35-20(13-38-22)23(7-6-19(11-23)34-18-4-2-3-5-18)21(37)32-12-15-8-16(24(26,27)28)10-17(9-15)25(29,30)31/h8-10,13,18-19,34H,2-7,11-12H2,1H3,(H,32,37)(H,33,35,36). The summed E-state index contributed by atoms with van der Waals surface area (Å²) in [6.07, 6.45) is -4.22. The third-order valence-corrected chi connectivity index (χ3v) is 7.91. The maximum absolute atomic E-state index is 13.6. The lowest BCUT2D eigenvalue weighted by atomic mass is 9.81. The topological polar surface area (TPSA) is 83.1 Å². The number of carbonyl (C=O) groups is 2. The molecule has 1 aromatic heterocycles. The fourth-order valence-corrected chi connectivity index (χ4v) is 6.20. The van der Waals surface area contributed by atoms with E-state index in [1.165, 1.54) is 6.92 Å². The summed E-state index contributed by atoms with van der Waals surface area (Å²) in [7, 11) is 0. The molecule has 1 heterocycles. The first-order valence-electron chi connectivity index (χ1n) is 12.3. The number of hydrogen-bond acceptors (Lipinski definition) is 5. The Kier molecular flexibility index (Phi) is 8.08. The smallest absolute Gasteiger partial charge is 0.351 e. The minimum Gasteiger partial charge on any atom is -0.351 e. The van der Waals surface area contributed by atoms with E-state index in [2.05, 4.69) is 20.9 Å². The first kappa shape index (κ1) is 28.3. The second kappa shape index (κ2) is 10.8. The van der Waals surface area contributed by atoms with Crippen LogP contribution in [0, 0.1) is 0 Å². The van der Waals surface area contributed by atoms with Crippen molar-refractivity contribution in [3.8, 4) is 0 Å². The van der Waals surface area contributed by atoms with Crippen molar-refractivity contribution in [2.45, 2.75) is 88.3 Å². The number of rotatable bonds is 7. The van der Waals surface area contributed by atoms with Crippen molar-refractivity contribution in [3.63, 3.8) is 0 Å². The number of hydrogen-bond donors (Lipinski definition) is 3. The fourth-order valence-electron chi connectivity index (χ4n) is 5.34. The SMILES string of the molecule is CC(=O)Nc1nc(C2(C(=O)NCc3cc(C(F)(F)F)cc(C(F)(F)F)c3)CCC(NC3CCCC3)C2)cs1. The molecule has 6 nitrogen and oxygen atoms in total. The molecule has 0 saturated heterocycles. The number of aromatic nitrogens is 1. The molecule has 2 amide bonds. The van der Waals surface area contributed by atoms with E-state index in [4.69, 9.17) is 0 Å². The molecule has 13 heteroatoms. The van der Waals surface area contributed by atoms with Gasteiger partial charge in [0.2, 0.25) is 11.8 Å². The van der Waals surface area contributed by atoms with Crippen molar-refractivity contribution < 1.29 is 35.9 Å². The van der Waals surface area contributed by atoms with Crippen molar-refractivity contribution in [1.82, 2.24) is 15.6 Å². The summed E-state index contributed by atoms with van der Waals surface area (Å²) in [5, 5.41) is 10.7. The van der Waals surface area contributed by atoms with Crippen LogP contribution >= 0.6 is 11.3 Å². The van der Waals surface area contributed by atoms with Gasteiger partial charge in [-0.3, -0.25) is 9.59 Å². The van der Waals surface area contributed by atoms with E-state index in [-0.39, 0.29) is 23.6 Å². The van der Waals surface area contributed by atoms with Crippen LogP contribution in [0.1, 0.15) is 74.3 Å². The molecule has 2 aliphatic carbocycles. The fraction of sp³-hybridized carbons (Fsp3) is 0.560.